The fraction of sp³-hybridized carbons (Fsp3) is 0.167. The zero-order valence-electron chi connectivity index (χ0n) is 19.7. The molecule has 180 valence electrons. The summed E-state index contributed by atoms with van der Waals surface area (Å²) in [5.41, 5.74) is 4.03. The molecule has 0 N–H and O–H groups in total. The first-order chi connectivity index (χ1) is 17.6. The molecule has 5 rings (SSSR count). The molecule has 0 aromatic heterocycles. The Bertz CT molecular complexity index is 1360. The first kappa shape index (κ1) is 24.3. The minimum Gasteiger partial charge on any atom is -0.351 e. The standard InChI is InChI=1S/C30H25ClN2O2S/c31-25-15-13-21(14-16-25)24(20-27(34)23-11-5-2-6-12-23)19-26(22-9-3-1-4-10-22)28-29(35)32-30(36-28)33-17-7-8-18-33/h1-6,9-16,19H,7-8,17-18,20H2/b24-19-,28-26+. The number of amides is 1. The van der Waals surface area contributed by atoms with E-state index in [9.17, 15) is 9.59 Å². The molecule has 0 bridgehead atoms. The summed E-state index contributed by atoms with van der Waals surface area (Å²) in [5.74, 6) is -0.226. The number of amidine groups is 1. The predicted octanol–water partition coefficient (Wildman–Crippen LogP) is 7.13. The second kappa shape index (κ2) is 11.1. The van der Waals surface area contributed by atoms with Crippen molar-refractivity contribution in [2.45, 2.75) is 19.3 Å². The Balaban J connectivity index is 1.60. The number of rotatable bonds is 6. The summed E-state index contributed by atoms with van der Waals surface area (Å²) in [7, 11) is 0. The van der Waals surface area contributed by atoms with Crippen LogP contribution < -0.4 is 0 Å². The lowest BCUT2D eigenvalue weighted by atomic mass is 9.93. The number of benzene rings is 3. The van der Waals surface area contributed by atoms with Crippen LogP contribution in [0.25, 0.3) is 11.1 Å². The molecule has 1 saturated heterocycles. The fourth-order valence-electron chi connectivity index (χ4n) is 4.38. The molecule has 0 spiro atoms. The third-order valence-corrected chi connectivity index (χ3v) is 7.65. The lowest BCUT2D eigenvalue weighted by Gasteiger charge is -2.16. The molecule has 0 atom stereocenters. The molecule has 2 aliphatic heterocycles. The summed E-state index contributed by atoms with van der Waals surface area (Å²) >= 11 is 7.59. The van der Waals surface area contributed by atoms with Crippen molar-refractivity contribution >= 4 is 51.4 Å². The lowest BCUT2D eigenvalue weighted by Crippen LogP contribution is -2.23. The Kier molecular flexibility index (Phi) is 7.49. The molecule has 36 heavy (non-hydrogen) atoms. The van der Waals surface area contributed by atoms with Gasteiger partial charge in [-0.25, -0.2) is 0 Å². The highest BCUT2D eigenvalue weighted by Crippen LogP contribution is 2.38. The maximum atomic E-state index is 13.2. The number of thioether (sulfide) groups is 1. The van der Waals surface area contributed by atoms with Crippen LogP contribution in [0, 0.1) is 0 Å². The average molecular weight is 513 g/mol. The highest BCUT2D eigenvalue weighted by atomic mass is 35.5. The average Bonchev–Trinajstić information content (AvgIpc) is 3.58. The molecule has 0 saturated carbocycles. The molecule has 4 nitrogen and oxygen atoms in total. The third kappa shape index (κ3) is 5.53. The number of aliphatic imine (C=N–C) groups is 1. The van der Waals surface area contributed by atoms with Crippen LogP contribution in [0.5, 0.6) is 0 Å². The minimum absolute atomic E-state index is 0.00798. The van der Waals surface area contributed by atoms with Gasteiger partial charge in [-0.2, -0.15) is 4.99 Å². The molecule has 2 heterocycles. The summed E-state index contributed by atoms with van der Waals surface area (Å²) in [4.78, 5) is 33.6. The van der Waals surface area contributed by atoms with Gasteiger partial charge in [-0.15, -0.1) is 0 Å². The second-order valence-corrected chi connectivity index (χ2v) is 10.2. The van der Waals surface area contributed by atoms with Crippen molar-refractivity contribution in [2.75, 3.05) is 13.1 Å². The first-order valence-corrected chi connectivity index (χ1v) is 13.2. The van der Waals surface area contributed by atoms with E-state index >= 15 is 0 Å². The molecule has 0 unspecified atom stereocenters. The van der Waals surface area contributed by atoms with Gasteiger partial charge < -0.3 is 4.90 Å². The Morgan fingerprint density at radius 2 is 1.47 bits per heavy atom. The Labute approximate surface area is 220 Å². The Hall–Kier alpha value is -3.41. The van der Waals surface area contributed by atoms with Crippen LogP contribution in [-0.4, -0.2) is 34.8 Å². The predicted molar refractivity (Wildman–Crippen MR) is 149 cm³/mol. The number of allylic oxidation sites excluding steroid dienone is 3. The Morgan fingerprint density at radius 1 is 0.861 bits per heavy atom. The van der Waals surface area contributed by atoms with Crippen LogP contribution in [-0.2, 0) is 4.79 Å². The van der Waals surface area contributed by atoms with Crippen LogP contribution in [0.4, 0.5) is 0 Å². The van der Waals surface area contributed by atoms with Crippen molar-refractivity contribution in [3.63, 3.8) is 0 Å². The topological polar surface area (TPSA) is 49.7 Å². The number of hydrogen-bond acceptors (Lipinski definition) is 4. The van der Waals surface area contributed by atoms with Gasteiger partial charge in [-0.05, 0) is 59.5 Å². The van der Waals surface area contributed by atoms with E-state index in [2.05, 4.69) is 9.89 Å². The molecule has 0 aliphatic carbocycles. The first-order valence-electron chi connectivity index (χ1n) is 12.0. The van der Waals surface area contributed by atoms with E-state index in [1.807, 2.05) is 91.0 Å². The van der Waals surface area contributed by atoms with Crippen molar-refractivity contribution < 1.29 is 9.59 Å². The highest BCUT2D eigenvalue weighted by molar-refractivity contribution is 8.18. The van der Waals surface area contributed by atoms with Gasteiger partial charge in [-0.1, -0.05) is 84.4 Å². The number of hydrogen-bond donors (Lipinski definition) is 0. The van der Waals surface area contributed by atoms with Crippen molar-refractivity contribution in [2.24, 2.45) is 4.99 Å². The third-order valence-electron chi connectivity index (χ3n) is 6.27. The molecule has 0 radical (unpaired) electrons. The van der Waals surface area contributed by atoms with E-state index in [1.165, 1.54) is 11.8 Å². The van der Waals surface area contributed by atoms with Gasteiger partial charge >= 0.3 is 0 Å². The number of carbonyl (C=O) groups excluding carboxylic acids is 2. The van der Waals surface area contributed by atoms with E-state index in [0.717, 1.165) is 53.4 Å². The van der Waals surface area contributed by atoms with Crippen LogP contribution in [0.2, 0.25) is 5.02 Å². The molecule has 1 fully saturated rings. The lowest BCUT2D eigenvalue weighted by molar-refractivity contribution is -0.113. The molecule has 1 amide bonds. The fourth-order valence-corrected chi connectivity index (χ4v) is 5.55. The van der Waals surface area contributed by atoms with E-state index < -0.39 is 0 Å². The molecular formula is C30H25ClN2O2S. The van der Waals surface area contributed by atoms with Gasteiger partial charge in [-0.3, -0.25) is 9.59 Å². The van der Waals surface area contributed by atoms with E-state index in [-0.39, 0.29) is 18.1 Å². The van der Waals surface area contributed by atoms with Crippen molar-refractivity contribution in [1.82, 2.24) is 4.90 Å². The maximum absolute atomic E-state index is 13.2. The van der Waals surface area contributed by atoms with Crippen LogP contribution in [0.15, 0.2) is 101 Å². The van der Waals surface area contributed by atoms with Crippen LogP contribution >= 0.6 is 23.4 Å². The van der Waals surface area contributed by atoms with Crippen LogP contribution in [0.3, 0.4) is 0 Å². The molecule has 6 heteroatoms. The quantitative estimate of drug-likeness (QED) is 0.260. The van der Waals surface area contributed by atoms with Crippen molar-refractivity contribution in [1.29, 1.82) is 0 Å². The second-order valence-electron chi connectivity index (χ2n) is 8.75. The normalized spacial score (nSPS) is 17.4. The van der Waals surface area contributed by atoms with Gasteiger partial charge in [0.2, 0.25) is 0 Å². The molecule has 3 aromatic rings. The van der Waals surface area contributed by atoms with Gasteiger partial charge in [0.1, 0.15) is 0 Å². The number of nitrogens with zero attached hydrogens (tertiary/aromatic N) is 2. The largest absolute Gasteiger partial charge is 0.351 e. The number of likely N-dealkylation sites (tertiary alicyclic amines) is 1. The summed E-state index contributed by atoms with van der Waals surface area (Å²) in [6, 6.07) is 26.5. The monoisotopic (exact) mass is 512 g/mol. The van der Waals surface area contributed by atoms with E-state index in [1.54, 1.807) is 0 Å². The SMILES string of the molecule is O=C1N=C(N2CCCC2)S/C1=C(\C=C(\CC(=O)c1ccccc1)c1ccc(Cl)cc1)c1ccccc1. The van der Waals surface area contributed by atoms with E-state index in [0.29, 0.717) is 15.5 Å². The zero-order valence-corrected chi connectivity index (χ0v) is 21.3. The number of ketones is 1. The van der Waals surface area contributed by atoms with Gasteiger partial charge in [0, 0.05) is 35.7 Å². The highest BCUT2D eigenvalue weighted by Gasteiger charge is 2.30. The minimum atomic E-state index is -0.234. The number of carbonyl (C=O) groups is 2. The Morgan fingerprint density at radius 3 is 2.11 bits per heavy atom. The summed E-state index contributed by atoms with van der Waals surface area (Å²) in [5, 5.41) is 1.39. The zero-order chi connectivity index (χ0) is 24.9. The van der Waals surface area contributed by atoms with Crippen LogP contribution in [0.1, 0.15) is 40.7 Å². The molecular weight excluding hydrogens is 488 g/mol. The van der Waals surface area contributed by atoms with Gasteiger partial charge in [0.25, 0.3) is 5.91 Å². The van der Waals surface area contributed by atoms with Gasteiger partial charge in [0.15, 0.2) is 11.0 Å². The summed E-state index contributed by atoms with van der Waals surface area (Å²) in [6.45, 7) is 1.84. The molecule has 3 aromatic carbocycles. The number of halogens is 1. The van der Waals surface area contributed by atoms with Crippen molar-refractivity contribution in [3.8, 4) is 0 Å². The molecule has 2 aliphatic rings. The van der Waals surface area contributed by atoms with Gasteiger partial charge in [0.05, 0.1) is 4.91 Å². The summed E-state index contributed by atoms with van der Waals surface area (Å²) < 4.78 is 0. The maximum Gasteiger partial charge on any atom is 0.286 e. The summed E-state index contributed by atoms with van der Waals surface area (Å²) in [6.07, 6.45) is 4.39. The number of Topliss-reactive ketones (excluding diaryl/α,β-unsaturated/α-hetero) is 1. The van der Waals surface area contributed by atoms with E-state index in [4.69, 9.17) is 11.6 Å². The van der Waals surface area contributed by atoms with Crippen molar-refractivity contribution in [3.05, 3.63) is 118 Å². The smallest absolute Gasteiger partial charge is 0.286 e.